The Morgan fingerprint density at radius 2 is 2.05 bits per heavy atom. The Labute approximate surface area is 121 Å². The van der Waals surface area contributed by atoms with Gasteiger partial charge in [-0.15, -0.1) is 0 Å². The van der Waals surface area contributed by atoms with Crippen molar-refractivity contribution >= 4 is 5.82 Å². The normalized spacial score (nSPS) is 22.8. The molecule has 0 saturated heterocycles. The number of aromatic nitrogens is 1. The summed E-state index contributed by atoms with van der Waals surface area (Å²) >= 11 is 0. The van der Waals surface area contributed by atoms with Gasteiger partial charge in [0.2, 0.25) is 0 Å². The zero-order chi connectivity index (χ0) is 14.5. The third kappa shape index (κ3) is 3.48. The highest BCUT2D eigenvalue weighted by Gasteiger charge is 2.24. The average Bonchev–Trinajstić information content (AvgIpc) is 2.46. The number of hydrogen-bond acceptors (Lipinski definition) is 3. The number of anilines is 1. The highest BCUT2D eigenvalue weighted by molar-refractivity contribution is 5.43. The van der Waals surface area contributed by atoms with Gasteiger partial charge in [-0.1, -0.05) is 13.8 Å². The number of pyridine rings is 1. The molecule has 1 saturated carbocycles. The van der Waals surface area contributed by atoms with Gasteiger partial charge in [0.15, 0.2) is 11.6 Å². The smallest absolute Gasteiger partial charge is 0.170 e. The van der Waals surface area contributed by atoms with Crippen LogP contribution in [0.25, 0.3) is 0 Å². The third-order valence-corrected chi connectivity index (χ3v) is 4.38. The standard InChI is InChI=1S/C16H26FN3/c1-4-18-11-13-9-10-19-16(15(13)17)20(3)14-7-5-12(2)6-8-14/h9-10,12,14,18H,4-8,11H2,1-3H3. The van der Waals surface area contributed by atoms with Crippen molar-refractivity contribution in [2.45, 2.75) is 52.1 Å². The molecule has 3 nitrogen and oxygen atoms in total. The first kappa shape index (κ1) is 15.2. The molecule has 1 aliphatic carbocycles. The van der Waals surface area contributed by atoms with Crippen molar-refractivity contribution in [3.05, 3.63) is 23.6 Å². The van der Waals surface area contributed by atoms with Crippen LogP contribution < -0.4 is 10.2 Å². The summed E-state index contributed by atoms with van der Waals surface area (Å²) in [6.07, 6.45) is 6.45. The van der Waals surface area contributed by atoms with E-state index in [0.717, 1.165) is 25.3 Å². The number of rotatable bonds is 5. The lowest BCUT2D eigenvalue weighted by Gasteiger charge is -2.34. The van der Waals surface area contributed by atoms with Crippen molar-refractivity contribution in [2.24, 2.45) is 5.92 Å². The van der Waals surface area contributed by atoms with E-state index < -0.39 is 0 Å². The van der Waals surface area contributed by atoms with Gasteiger partial charge >= 0.3 is 0 Å². The summed E-state index contributed by atoms with van der Waals surface area (Å²) in [6, 6.07) is 2.18. The van der Waals surface area contributed by atoms with Gasteiger partial charge in [0.05, 0.1) is 0 Å². The van der Waals surface area contributed by atoms with Crippen LogP contribution in [0.4, 0.5) is 10.2 Å². The first-order valence-corrected chi connectivity index (χ1v) is 7.70. The van der Waals surface area contributed by atoms with Crippen molar-refractivity contribution in [2.75, 3.05) is 18.5 Å². The zero-order valence-corrected chi connectivity index (χ0v) is 12.8. The fourth-order valence-corrected chi connectivity index (χ4v) is 2.92. The first-order valence-electron chi connectivity index (χ1n) is 7.70. The molecule has 0 atom stereocenters. The molecular weight excluding hydrogens is 253 g/mol. The van der Waals surface area contributed by atoms with Crippen molar-refractivity contribution in [3.63, 3.8) is 0 Å². The van der Waals surface area contributed by atoms with Crippen LogP contribution in [0, 0.1) is 11.7 Å². The van der Waals surface area contributed by atoms with Gasteiger partial charge < -0.3 is 10.2 Å². The molecule has 1 aliphatic rings. The minimum absolute atomic E-state index is 0.172. The van der Waals surface area contributed by atoms with Crippen LogP contribution in [-0.2, 0) is 6.54 Å². The second-order valence-corrected chi connectivity index (χ2v) is 5.91. The van der Waals surface area contributed by atoms with Crippen LogP contribution in [0.1, 0.15) is 45.1 Å². The second-order valence-electron chi connectivity index (χ2n) is 5.91. The molecule has 0 aliphatic heterocycles. The molecule has 1 aromatic rings. The van der Waals surface area contributed by atoms with Crippen molar-refractivity contribution in [3.8, 4) is 0 Å². The van der Waals surface area contributed by atoms with E-state index in [-0.39, 0.29) is 5.82 Å². The Hall–Kier alpha value is -1.16. The molecule has 1 heterocycles. The van der Waals surface area contributed by atoms with Gasteiger partial charge in [-0.25, -0.2) is 9.37 Å². The van der Waals surface area contributed by atoms with Gasteiger partial charge in [-0.3, -0.25) is 0 Å². The molecule has 1 fully saturated rings. The fourth-order valence-electron chi connectivity index (χ4n) is 2.92. The summed E-state index contributed by atoms with van der Waals surface area (Å²) in [5.41, 5.74) is 0.702. The van der Waals surface area contributed by atoms with E-state index >= 15 is 0 Å². The summed E-state index contributed by atoms with van der Waals surface area (Å²) in [4.78, 5) is 6.30. The number of nitrogens with zero attached hydrogens (tertiary/aromatic N) is 2. The van der Waals surface area contributed by atoms with Gasteiger partial charge in [0, 0.05) is 31.4 Å². The summed E-state index contributed by atoms with van der Waals surface area (Å²) in [6.45, 7) is 5.72. The Bertz CT molecular complexity index is 428. The predicted octanol–water partition coefficient (Wildman–Crippen LogP) is 3.35. The maximum absolute atomic E-state index is 14.5. The summed E-state index contributed by atoms with van der Waals surface area (Å²) in [5.74, 6) is 1.13. The van der Waals surface area contributed by atoms with Gasteiger partial charge in [0.25, 0.3) is 0 Å². The Morgan fingerprint density at radius 1 is 1.35 bits per heavy atom. The monoisotopic (exact) mass is 279 g/mol. The molecule has 112 valence electrons. The van der Waals surface area contributed by atoms with E-state index in [1.807, 2.05) is 18.9 Å². The molecule has 2 rings (SSSR count). The SMILES string of the molecule is CCNCc1ccnc(N(C)C2CCC(C)CC2)c1F. The number of halogens is 1. The summed E-state index contributed by atoms with van der Waals surface area (Å²) in [5, 5.41) is 3.17. The molecule has 0 radical (unpaired) electrons. The molecule has 0 unspecified atom stereocenters. The van der Waals surface area contributed by atoms with E-state index in [9.17, 15) is 4.39 Å². The van der Waals surface area contributed by atoms with Gasteiger partial charge in [-0.05, 0) is 44.2 Å². The van der Waals surface area contributed by atoms with Crippen LogP contribution in [0.2, 0.25) is 0 Å². The predicted molar refractivity (Wildman–Crippen MR) is 81.4 cm³/mol. The van der Waals surface area contributed by atoms with Crippen LogP contribution in [-0.4, -0.2) is 24.6 Å². The molecule has 0 spiro atoms. The molecule has 20 heavy (non-hydrogen) atoms. The van der Waals surface area contributed by atoms with E-state index in [4.69, 9.17) is 0 Å². The largest absolute Gasteiger partial charge is 0.354 e. The first-order chi connectivity index (χ1) is 9.63. The van der Waals surface area contributed by atoms with E-state index in [2.05, 4.69) is 17.2 Å². The van der Waals surface area contributed by atoms with E-state index in [0.29, 0.717) is 24.0 Å². The van der Waals surface area contributed by atoms with E-state index in [1.165, 1.54) is 12.8 Å². The van der Waals surface area contributed by atoms with E-state index in [1.54, 1.807) is 12.3 Å². The lowest BCUT2D eigenvalue weighted by molar-refractivity contribution is 0.338. The number of nitrogens with one attached hydrogen (secondary N) is 1. The van der Waals surface area contributed by atoms with Crippen molar-refractivity contribution < 1.29 is 4.39 Å². The van der Waals surface area contributed by atoms with Crippen LogP contribution in [0.3, 0.4) is 0 Å². The lowest BCUT2D eigenvalue weighted by atomic mass is 9.87. The molecule has 0 bridgehead atoms. The minimum Gasteiger partial charge on any atom is -0.354 e. The fraction of sp³-hybridized carbons (Fsp3) is 0.688. The Kier molecular flexibility index (Phi) is 5.35. The Balaban J connectivity index is 2.11. The maximum atomic E-state index is 14.5. The minimum atomic E-state index is -0.172. The van der Waals surface area contributed by atoms with Gasteiger partial charge in [-0.2, -0.15) is 0 Å². The lowest BCUT2D eigenvalue weighted by Crippen LogP contribution is -2.36. The molecule has 4 heteroatoms. The third-order valence-electron chi connectivity index (χ3n) is 4.38. The molecule has 0 amide bonds. The van der Waals surface area contributed by atoms with Crippen LogP contribution >= 0.6 is 0 Å². The highest BCUT2D eigenvalue weighted by Crippen LogP contribution is 2.30. The Morgan fingerprint density at radius 3 is 2.70 bits per heavy atom. The van der Waals surface area contributed by atoms with Crippen LogP contribution in [0.5, 0.6) is 0 Å². The summed E-state index contributed by atoms with van der Waals surface area (Å²) in [7, 11) is 1.98. The maximum Gasteiger partial charge on any atom is 0.170 e. The van der Waals surface area contributed by atoms with Crippen molar-refractivity contribution in [1.29, 1.82) is 0 Å². The molecule has 1 aromatic heterocycles. The average molecular weight is 279 g/mol. The van der Waals surface area contributed by atoms with Gasteiger partial charge in [0.1, 0.15) is 0 Å². The summed E-state index contributed by atoms with van der Waals surface area (Å²) < 4.78 is 14.5. The molecular formula is C16H26FN3. The zero-order valence-electron chi connectivity index (χ0n) is 12.8. The van der Waals surface area contributed by atoms with Crippen molar-refractivity contribution in [1.82, 2.24) is 10.3 Å². The second kappa shape index (κ2) is 7.02. The number of hydrogen-bond donors (Lipinski definition) is 1. The molecule has 0 aromatic carbocycles. The molecule has 1 N–H and O–H groups in total. The topological polar surface area (TPSA) is 28.2 Å². The quantitative estimate of drug-likeness (QED) is 0.896. The highest BCUT2D eigenvalue weighted by atomic mass is 19.1. The van der Waals surface area contributed by atoms with Crippen LogP contribution in [0.15, 0.2) is 12.3 Å².